The Morgan fingerprint density at radius 1 is 1.58 bits per heavy atom. The maximum absolute atomic E-state index is 10.9. The summed E-state index contributed by atoms with van der Waals surface area (Å²) in [5.74, 6) is 1.51. The maximum atomic E-state index is 10.9. The molecule has 0 atom stereocenters. The Morgan fingerprint density at radius 3 is 2.42 bits per heavy atom. The topological polar surface area (TPSA) is 30.2 Å². The number of carbonyl (C=O) groups is 1. The second-order valence-electron chi connectivity index (χ2n) is 3.03. The molecule has 1 aromatic heterocycles. The minimum Gasteiger partial charge on any atom is -0.456 e. The van der Waals surface area contributed by atoms with Crippen LogP contribution >= 0.6 is 15.9 Å². The third-order valence-electron chi connectivity index (χ3n) is 1.58. The summed E-state index contributed by atoms with van der Waals surface area (Å²) < 4.78 is 6.22. The van der Waals surface area contributed by atoms with Crippen LogP contribution in [0, 0.1) is 0 Å². The zero-order chi connectivity index (χ0) is 9.30. The van der Waals surface area contributed by atoms with E-state index in [1.807, 2.05) is 13.8 Å². The molecule has 3 heteroatoms. The van der Waals surface area contributed by atoms with Crippen LogP contribution in [0.15, 0.2) is 15.0 Å². The van der Waals surface area contributed by atoms with Crippen LogP contribution in [0.5, 0.6) is 0 Å². The summed E-state index contributed by atoms with van der Waals surface area (Å²) in [5.41, 5.74) is 0. The average molecular weight is 231 g/mol. The summed E-state index contributed by atoms with van der Waals surface area (Å²) in [4.78, 5) is 10.9. The third kappa shape index (κ3) is 1.78. The Balaban J connectivity index is 3.09. The molecule has 0 saturated carbocycles. The number of hydrogen-bond donors (Lipinski definition) is 0. The van der Waals surface area contributed by atoms with Crippen molar-refractivity contribution < 1.29 is 9.21 Å². The monoisotopic (exact) mass is 230 g/mol. The number of furan rings is 1. The van der Waals surface area contributed by atoms with Crippen LogP contribution in [0.3, 0.4) is 0 Å². The van der Waals surface area contributed by atoms with Crippen molar-refractivity contribution in [2.24, 2.45) is 0 Å². The van der Waals surface area contributed by atoms with E-state index in [1.165, 1.54) is 6.92 Å². The predicted octanol–water partition coefficient (Wildman–Crippen LogP) is 3.37. The second kappa shape index (κ2) is 3.44. The Hall–Kier alpha value is -0.570. The summed E-state index contributed by atoms with van der Waals surface area (Å²) in [7, 11) is 0. The van der Waals surface area contributed by atoms with Crippen molar-refractivity contribution in [3.63, 3.8) is 0 Å². The van der Waals surface area contributed by atoms with Gasteiger partial charge in [-0.15, -0.1) is 0 Å². The molecule has 1 aromatic rings. The summed E-state index contributed by atoms with van der Waals surface area (Å²) in [5, 5.41) is 0. The van der Waals surface area contributed by atoms with Gasteiger partial charge >= 0.3 is 0 Å². The first-order chi connectivity index (χ1) is 5.52. The number of carbonyl (C=O) groups excluding carboxylic acids is 1. The Bertz CT molecular complexity index is 299. The lowest BCUT2D eigenvalue weighted by Gasteiger charge is -1.99. The number of hydrogen-bond acceptors (Lipinski definition) is 2. The average Bonchev–Trinajstić information content (AvgIpc) is 2.30. The van der Waals surface area contributed by atoms with E-state index in [0.717, 1.165) is 10.2 Å². The molecule has 1 heterocycles. The van der Waals surface area contributed by atoms with Gasteiger partial charge in [0.15, 0.2) is 11.5 Å². The first-order valence-corrected chi connectivity index (χ1v) is 4.62. The van der Waals surface area contributed by atoms with Gasteiger partial charge in [0.05, 0.1) is 4.47 Å². The lowest BCUT2D eigenvalue weighted by Crippen LogP contribution is -1.87. The molecule has 12 heavy (non-hydrogen) atoms. The van der Waals surface area contributed by atoms with Gasteiger partial charge in [0.25, 0.3) is 0 Å². The Kier molecular flexibility index (Phi) is 2.73. The van der Waals surface area contributed by atoms with Crippen LogP contribution in [-0.4, -0.2) is 5.78 Å². The fourth-order valence-corrected chi connectivity index (χ4v) is 1.70. The molecule has 0 aliphatic carbocycles. The van der Waals surface area contributed by atoms with Gasteiger partial charge < -0.3 is 4.42 Å². The molecule has 66 valence electrons. The molecule has 0 amide bonds. The van der Waals surface area contributed by atoms with Crippen molar-refractivity contribution in [2.75, 3.05) is 0 Å². The van der Waals surface area contributed by atoms with E-state index < -0.39 is 0 Å². The first-order valence-electron chi connectivity index (χ1n) is 3.82. The van der Waals surface area contributed by atoms with Gasteiger partial charge in [0, 0.05) is 18.9 Å². The van der Waals surface area contributed by atoms with Crippen molar-refractivity contribution >= 4 is 21.7 Å². The van der Waals surface area contributed by atoms with Crippen molar-refractivity contribution in [2.45, 2.75) is 26.7 Å². The molecule has 0 spiro atoms. The zero-order valence-corrected chi connectivity index (χ0v) is 8.94. The maximum Gasteiger partial charge on any atom is 0.194 e. The normalized spacial score (nSPS) is 10.8. The van der Waals surface area contributed by atoms with Gasteiger partial charge in [-0.05, 0) is 15.9 Å². The largest absolute Gasteiger partial charge is 0.456 e. The van der Waals surface area contributed by atoms with Crippen molar-refractivity contribution in [3.8, 4) is 0 Å². The molecular formula is C9H11BrO2. The van der Waals surface area contributed by atoms with Crippen LogP contribution in [-0.2, 0) is 0 Å². The van der Waals surface area contributed by atoms with Crippen LogP contribution in [0.4, 0.5) is 0 Å². The minimum absolute atomic E-state index is 0.0393. The molecule has 0 aliphatic heterocycles. The van der Waals surface area contributed by atoms with Crippen LogP contribution in [0.2, 0.25) is 0 Å². The molecule has 0 saturated heterocycles. The van der Waals surface area contributed by atoms with E-state index in [-0.39, 0.29) is 5.78 Å². The van der Waals surface area contributed by atoms with Crippen molar-refractivity contribution in [1.29, 1.82) is 0 Å². The van der Waals surface area contributed by atoms with Gasteiger partial charge in [-0.1, -0.05) is 13.8 Å². The van der Waals surface area contributed by atoms with Gasteiger partial charge in [-0.3, -0.25) is 4.79 Å². The van der Waals surface area contributed by atoms with Crippen LogP contribution in [0.25, 0.3) is 0 Å². The molecule has 0 aliphatic rings. The molecule has 2 nitrogen and oxygen atoms in total. The van der Waals surface area contributed by atoms with E-state index >= 15 is 0 Å². The first kappa shape index (κ1) is 9.52. The fraction of sp³-hybridized carbons (Fsp3) is 0.444. The molecule has 0 N–H and O–H groups in total. The van der Waals surface area contributed by atoms with Crippen LogP contribution < -0.4 is 0 Å². The van der Waals surface area contributed by atoms with Crippen molar-refractivity contribution in [1.82, 2.24) is 0 Å². The quantitative estimate of drug-likeness (QED) is 0.730. The molecule has 1 rings (SSSR count). The summed E-state index contributed by atoms with van der Waals surface area (Å²) in [6.07, 6.45) is 0. The minimum atomic E-state index is -0.0393. The Morgan fingerprint density at radius 2 is 2.17 bits per heavy atom. The summed E-state index contributed by atoms with van der Waals surface area (Å²) in [6, 6.07) is 1.72. The van der Waals surface area contributed by atoms with Gasteiger partial charge in [0.2, 0.25) is 0 Å². The molecule has 0 aromatic carbocycles. The SMILES string of the molecule is CC(=O)c1cc(Br)c(C(C)C)o1. The Labute approximate surface area is 80.1 Å². The molecule has 0 bridgehead atoms. The number of halogens is 1. The summed E-state index contributed by atoms with van der Waals surface area (Å²) >= 11 is 3.34. The zero-order valence-electron chi connectivity index (χ0n) is 7.35. The molecular weight excluding hydrogens is 220 g/mol. The molecule has 0 unspecified atom stereocenters. The third-order valence-corrected chi connectivity index (χ3v) is 2.20. The van der Waals surface area contributed by atoms with E-state index in [2.05, 4.69) is 15.9 Å². The van der Waals surface area contributed by atoms with Gasteiger partial charge in [0.1, 0.15) is 5.76 Å². The highest BCUT2D eigenvalue weighted by atomic mass is 79.9. The van der Waals surface area contributed by atoms with E-state index in [4.69, 9.17) is 4.42 Å². The second-order valence-corrected chi connectivity index (χ2v) is 3.89. The summed E-state index contributed by atoms with van der Waals surface area (Å²) in [6.45, 7) is 5.54. The predicted molar refractivity (Wildman–Crippen MR) is 50.5 cm³/mol. The number of Topliss-reactive ketones (excluding diaryl/α,β-unsaturated/α-hetero) is 1. The number of ketones is 1. The lowest BCUT2D eigenvalue weighted by molar-refractivity contribution is 0.0985. The lowest BCUT2D eigenvalue weighted by atomic mass is 10.2. The van der Waals surface area contributed by atoms with Gasteiger partial charge in [-0.2, -0.15) is 0 Å². The highest BCUT2D eigenvalue weighted by Gasteiger charge is 2.14. The van der Waals surface area contributed by atoms with Crippen LogP contribution in [0.1, 0.15) is 43.0 Å². The van der Waals surface area contributed by atoms with E-state index in [1.54, 1.807) is 6.07 Å². The highest BCUT2D eigenvalue weighted by Crippen LogP contribution is 2.28. The van der Waals surface area contributed by atoms with E-state index in [0.29, 0.717) is 11.7 Å². The highest BCUT2D eigenvalue weighted by molar-refractivity contribution is 9.10. The van der Waals surface area contributed by atoms with E-state index in [9.17, 15) is 4.79 Å². The molecule has 0 radical (unpaired) electrons. The van der Waals surface area contributed by atoms with Gasteiger partial charge in [-0.25, -0.2) is 0 Å². The molecule has 0 fully saturated rings. The standard InChI is InChI=1S/C9H11BrO2/c1-5(2)9-7(10)4-8(12-9)6(3)11/h4-5H,1-3H3. The smallest absolute Gasteiger partial charge is 0.194 e. The van der Waals surface area contributed by atoms with Crippen molar-refractivity contribution in [3.05, 3.63) is 22.1 Å². The number of rotatable bonds is 2. The fourth-order valence-electron chi connectivity index (χ4n) is 0.950.